The molecule has 27 heavy (non-hydrogen) atoms. The van der Waals surface area contributed by atoms with Crippen molar-refractivity contribution >= 4 is 19.2 Å². The van der Waals surface area contributed by atoms with Gasteiger partial charge in [-0.15, -0.1) is 0 Å². The second kappa shape index (κ2) is 7.88. The minimum absolute atomic E-state index is 0.278. The maximum absolute atomic E-state index is 13.0. The molecule has 0 saturated carbocycles. The molecule has 2 N–H and O–H groups in total. The number of carbonyl (C=O) groups excluding carboxylic acids is 1. The molecular weight excluding hydrogens is 367 g/mol. The monoisotopic (exact) mass is 393 g/mol. The summed E-state index contributed by atoms with van der Waals surface area (Å²) in [6.45, 7) is 9.05. The number of carbonyl (C=O) groups is 1. The summed E-state index contributed by atoms with van der Waals surface area (Å²) in [7, 11) is -1.55. The first-order valence-corrected chi connectivity index (χ1v) is 12.1. The topological polar surface area (TPSA) is 43.1 Å². The Morgan fingerprint density at radius 3 is 2.15 bits per heavy atom. The molecule has 2 rings (SSSR count). The number of rotatable bonds is 6. The van der Waals surface area contributed by atoms with Crippen LogP contribution in [0.4, 0.5) is 13.2 Å². The molecule has 0 aromatic heterocycles. The van der Waals surface area contributed by atoms with Gasteiger partial charge in [0.1, 0.15) is 0 Å². The second-order valence-corrected chi connectivity index (χ2v) is 13.0. The third-order valence-electron chi connectivity index (χ3n) is 5.54. The van der Waals surface area contributed by atoms with E-state index in [0.717, 1.165) is 17.7 Å². The number of benzene rings is 2. The van der Waals surface area contributed by atoms with E-state index in [2.05, 4.69) is 39.1 Å². The highest BCUT2D eigenvalue weighted by atomic mass is 28.3. The van der Waals surface area contributed by atoms with Crippen LogP contribution in [0.15, 0.2) is 48.5 Å². The third kappa shape index (κ3) is 5.00. The molecule has 2 aromatic carbocycles. The molecular formula is C21H26F3NOSi. The van der Waals surface area contributed by atoms with Gasteiger partial charge in [-0.25, -0.2) is 0 Å². The largest absolute Gasteiger partial charge is 0.416 e. The summed E-state index contributed by atoms with van der Waals surface area (Å²) in [5, 5.41) is 1.32. The Balaban J connectivity index is 2.29. The number of primary amides is 1. The van der Waals surface area contributed by atoms with E-state index in [-0.39, 0.29) is 6.42 Å². The van der Waals surface area contributed by atoms with Gasteiger partial charge in [0.15, 0.2) is 0 Å². The van der Waals surface area contributed by atoms with Gasteiger partial charge in [-0.2, -0.15) is 13.2 Å². The van der Waals surface area contributed by atoms with Crippen LogP contribution in [0.2, 0.25) is 18.6 Å². The lowest BCUT2D eigenvalue weighted by molar-refractivity contribution is -0.137. The zero-order valence-electron chi connectivity index (χ0n) is 16.1. The van der Waals surface area contributed by atoms with E-state index < -0.39 is 31.6 Å². The molecule has 1 unspecified atom stereocenters. The van der Waals surface area contributed by atoms with Gasteiger partial charge in [0, 0.05) is 0 Å². The van der Waals surface area contributed by atoms with Crippen molar-refractivity contribution in [1.82, 2.24) is 0 Å². The van der Waals surface area contributed by atoms with Crippen LogP contribution in [0.25, 0.3) is 0 Å². The van der Waals surface area contributed by atoms with Gasteiger partial charge in [-0.05, 0) is 29.2 Å². The summed E-state index contributed by atoms with van der Waals surface area (Å²) in [5.41, 5.74) is 6.49. The van der Waals surface area contributed by atoms with Gasteiger partial charge >= 0.3 is 6.18 Å². The van der Waals surface area contributed by atoms with E-state index in [1.54, 1.807) is 0 Å². The van der Waals surface area contributed by atoms with Crippen molar-refractivity contribution in [3.8, 4) is 0 Å². The van der Waals surface area contributed by atoms with Crippen LogP contribution in [-0.2, 0) is 17.4 Å². The SMILES string of the molecule is CC(C)[Si](C)(C)c1ccc(CC(C(N)=O)c2cccc(C(F)(F)F)c2)cc1. The van der Waals surface area contributed by atoms with Crippen LogP contribution >= 0.6 is 0 Å². The van der Waals surface area contributed by atoms with Crippen molar-refractivity contribution in [2.24, 2.45) is 5.73 Å². The van der Waals surface area contributed by atoms with Gasteiger partial charge in [-0.3, -0.25) is 4.79 Å². The van der Waals surface area contributed by atoms with Crippen molar-refractivity contribution in [3.63, 3.8) is 0 Å². The van der Waals surface area contributed by atoms with Crippen molar-refractivity contribution in [2.45, 2.75) is 51.0 Å². The number of hydrogen-bond donors (Lipinski definition) is 1. The zero-order valence-corrected chi connectivity index (χ0v) is 17.1. The Morgan fingerprint density at radius 2 is 1.67 bits per heavy atom. The molecule has 0 aliphatic rings. The number of halogens is 3. The molecule has 6 heteroatoms. The summed E-state index contributed by atoms with van der Waals surface area (Å²) in [6, 6.07) is 12.9. The van der Waals surface area contributed by atoms with Gasteiger partial charge in [0.2, 0.25) is 5.91 Å². The molecule has 0 aliphatic carbocycles. The normalized spacial score (nSPS) is 13.6. The summed E-state index contributed by atoms with van der Waals surface area (Å²) < 4.78 is 38.9. The molecule has 2 aromatic rings. The highest BCUT2D eigenvalue weighted by molar-refractivity contribution is 6.90. The molecule has 1 amide bonds. The standard InChI is InChI=1S/C21H26F3NOSi/c1-14(2)27(3,4)18-10-8-15(9-11-18)12-19(20(25)26)16-6-5-7-17(13-16)21(22,23)24/h5-11,13-14,19H,12H2,1-4H3,(H2,25,26). The predicted octanol–water partition coefficient (Wildman–Crippen LogP) is 4.84. The Hall–Kier alpha value is -2.08. The summed E-state index contributed by atoms with van der Waals surface area (Å²) >= 11 is 0. The lowest BCUT2D eigenvalue weighted by atomic mass is 9.90. The van der Waals surface area contributed by atoms with E-state index in [4.69, 9.17) is 5.73 Å². The zero-order chi connectivity index (χ0) is 20.4. The molecule has 0 saturated heterocycles. The molecule has 0 spiro atoms. The van der Waals surface area contributed by atoms with Crippen LogP contribution < -0.4 is 10.9 Å². The fourth-order valence-electron chi connectivity index (χ4n) is 2.95. The van der Waals surface area contributed by atoms with Crippen molar-refractivity contribution in [3.05, 3.63) is 65.2 Å². The van der Waals surface area contributed by atoms with Gasteiger partial charge < -0.3 is 5.73 Å². The Morgan fingerprint density at radius 1 is 1.07 bits per heavy atom. The summed E-state index contributed by atoms with van der Waals surface area (Å²) in [6.07, 6.45) is -4.17. The van der Waals surface area contributed by atoms with Crippen LogP contribution in [-0.4, -0.2) is 14.0 Å². The molecule has 146 valence electrons. The maximum Gasteiger partial charge on any atom is 0.416 e. The van der Waals surface area contributed by atoms with Crippen LogP contribution in [0, 0.1) is 0 Å². The highest BCUT2D eigenvalue weighted by Crippen LogP contribution is 2.32. The number of nitrogens with two attached hydrogens (primary N) is 1. The fraction of sp³-hybridized carbons (Fsp3) is 0.381. The van der Waals surface area contributed by atoms with E-state index in [1.165, 1.54) is 17.3 Å². The molecule has 0 aliphatic heterocycles. The summed E-state index contributed by atoms with van der Waals surface area (Å²) in [4.78, 5) is 11.9. The van der Waals surface area contributed by atoms with Gasteiger partial charge in [0.25, 0.3) is 0 Å². The lowest BCUT2D eigenvalue weighted by Gasteiger charge is -2.27. The van der Waals surface area contributed by atoms with E-state index in [1.807, 2.05) is 12.1 Å². The average molecular weight is 394 g/mol. The van der Waals surface area contributed by atoms with Crippen LogP contribution in [0.5, 0.6) is 0 Å². The Bertz CT molecular complexity index is 798. The predicted molar refractivity (Wildman–Crippen MR) is 106 cm³/mol. The molecule has 0 radical (unpaired) electrons. The maximum atomic E-state index is 13.0. The van der Waals surface area contributed by atoms with E-state index in [0.29, 0.717) is 11.1 Å². The smallest absolute Gasteiger partial charge is 0.369 e. The van der Waals surface area contributed by atoms with Gasteiger partial charge in [-0.1, -0.05) is 74.6 Å². The molecule has 0 bridgehead atoms. The number of amides is 1. The fourth-order valence-corrected chi connectivity index (χ4v) is 4.65. The third-order valence-corrected chi connectivity index (χ3v) is 10.2. The lowest BCUT2D eigenvalue weighted by Crippen LogP contribution is -2.44. The van der Waals surface area contributed by atoms with E-state index in [9.17, 15) is 18.0 Å². The van der Waals surface area contributed by atoms with Crippen molar-refractivity contribution in [1.29, 1.82) is 0 Å². The quantitative estimate of drug-likeness (QED) is 0.701. The van der Waals surface area contributed by atoms with E-state index >= 15 is 0 Å². The van der Waals surface area contributed by atoms with Crippen LogP contribution in [0.1, 0.15) is 36.5 Å². The highest BCUT2D eigenvalue weighted by Gasteiger charge is 2.32. The van der Waals surface area contributed by atoms with Gasteiger partial charge in [0.05, 0.1) is 19.6 Å². The first-order valence-electron chi connectivity index (χ1n) is 8.99. The first-order chi connectivity index (χ1) is 12.4. The molecule has 0 fully saturated rings. The first kappa shape index (κ1) is 21.2. The minimum atomic E-state index is -4.45. The molecule has 0 heterocycles. The molecule has 2 nitrogen and oxygen atoms in total. The number of hydrogen-bond acceptors (Lipinski definition) is 1. The Kier molecular flexibility index (Phi) is 6.20. The number of alkyl halides is 3. The van der Waals surface area contributed by atoms with Crippen molar-refractivity contribution < 1.29 is 18.0 Å². The molecule has 1 atom stereocenters. The van der Waals surface area contributed by atoms with Crippen molar-refractivity contribution in [2.75, 3.05) is 0 Å². The average Bonchev–Trinajstić information content (AvgIpc) is 2.59. The second-order valence-electron chi connectivity index (χ2n) is 7.86. The van der Waals surface area contributed by atoms with Crippen LogP contribution in [0.3, 0.4) is 0 Å². The minimum Gasteiger partial charge on any atom is -0.369 e. The summed E-state index contributed by atoms with van der Waals surface area (Å²) in [5.74, 6) is -1.43. The Labute approximate surface area is 159 Å².